The zero-order valence-corrected chi connectivity index (χ0v) is 11.8. The highest BCUT2D eigenvalue weighted by atomic mass is 35.5. The van der Waals surface area contributed by atoms with Gasteiger partial charge in [0.05, 0.1) is 22.0 Å². The van der Waals surface area contributed by atoms with Crippen LogP contribution in [0.4, 0.5) is 17.2 Å². The van der Waals surface area contributed by atoms with Gasteiger partial charge in [0.2, 0.25) is 5.91 Å². The van der Waals surface area contributed by atoms with Crippen LogP contribution in [0.3, 0.4) is 0 Å². The topological polar surface area (TPSA) is 89.2 Å². The van der Waals surface area contributed by atoms with E-state index in [-0.39, 0.29) is 11.5 Å². The summed E-state index contributed by atoms with van der Waals surface area (Å²) >= 11 is 5.89. The second-order valence-corrected chi connectivity index (χ2v) is 4.55. The molecule has 0 radical (unpaired) electrons. The first-order chi connectivity index (χ1) is 10.1. The van der Waals surface area contributed by atoms with Gasteiger partial charge in [-0.2, -0.15) is 5.26 Å². The predicted octanol–water partition coefficient (Wildman–Crippen LogP) is 3.09. The van der Waals surface area contributed by atoms with Gasteiger partial charge in [-0.15, -0.1) is 0 Å². The van der Waals surface area contributed by atoms with Gasteiger partial charge in [0.25, 0.3) is 0 Å². The summed E-state index contributed by atoms with van der Waals surface area (Å²) < 4.78 is 0. The number of carbonyl (C=O) groups excluding carboxylic acids is 1. The van der Waals surface area contributed by atoms with Crippen molar-refractivity contribution in [2.75, 3.05) is 10.4 Å². The molecule has 0 aliphatic heterocycles. The Balaban J connectivity index is 2.54. The fraction of sp³-hybridized carbons (Fsp3) is 0.0714. The third-order valence-electron chi connectivity index (χ3n) is 2.75. The maximum atomic E-state index is 11.9. The average molecular weight is 303 g/mol. The summed E-state index contributed by atoms with van der Waals surface area (Å²) in [4.78, 5) is 17.3. The first kappa shape index (κ1) is 14.8. The van der Waals surface area contributed by atoms with Gasteiger partial charge in [-0.3, -0.25) is 20.4 Å². The second kappa shape index (κ2) is 6.22. The molecule has 0 bridgehead atoms. The van der Waals surface area contributed by atoms with Crippen LogP contribution >= 0.6 is 11.6 Å². The molecule has 2 aromatic rings. The van der Waals surface area contributed by atoms with Gasteiger partial charge in [0, 0.05) is 19.2 Å². The quantitative estimate of drug-likeness (QED) is 0.850. The smallest absolute Gasteiger partial charge is 0.229 e. The number of rotatable bonds is 3. The second-order valence-electron chi connectivity index (χ2n) is 4.14. The zero-order chi connectivity index (χ0) is 15.4. The normalized spacial score (nSPS) is 9.81. The highest BCUT2D eigenvalue weighted by Crippen LogP contribution is 2.29. The number of aromatic nitrogens is 1. The van der Waals surface area contributed by atoms with Crippen LogP contribution < -0.4 is 10.4 Å². The fourth-order valence-electron chi connectivity index (χ4n) is 1.82. The van der Waals surface area contributed by atoms with Crippen LogP contribution in [0.15, 0.2) is 36.5 Å². The Kier molecular flexibility index (Phi) is 4.38. The molecule has 2 rings (SSSR count). The van der Waals surface area contributed by atoms with E-state index in [1.807, 2.05) is 11.5 Å². The van der Waals surface area contributed by atoms with Crippen LogP contribution in [0.2, 0.25) is 5.02 Å². The van der Waals surface area contributed by atoms with Crippen molar-refractivity contribution < 1.29 is 10.0 Å². The Morgan fingerprint density at radius 1 is 1.43 bits per heavy atom. The van der Waals surface area contributed by atoms with Gasteiger partial charge in [0.1, 0.15) is 11.9 Å². The van der Waals surface area contributed by atoms with Gasteiger partial charge in [0.15, 0.2) is 0 Å². The molecule has 7 heteroatoms. The third-order valence-corrected chi connectivity index (χ3v) is 3.08. The summed E-state index contributed by atoms with van der Waals surface area (Å²) in [7, 11) is 0. The van der Waals surface area contributed by atoms with Crippen molar-refractivity contribution in [2.24, 2.45) is 0 Å². The molecular formula is C14H11ClN4O2. The number of amides is 1. The number of nitrogens with zero attached hydrogens (tertiary/aromatic N) is 3. The van der Waals surface area contributed by atoms with Gasteiger partial charge in [-0.1, -0.05) is 11.6 Å². The Morgan fingerprint density at radius 3 is 2.81 bits per heavy atom. The minimum absolute atomic E-state index is 0.261. The molecule has 6 nitrogen and oxygen atoms in total. The standard InChI is InChI=1S/C14H11ClN4O2/c1-9(20)19(14-7-11(18-21)4-5-17-14)12-2-3-13(15)10(6-12)8-16/h2-7,21H,1H3,(H,17,18). The lowest BCUT2D eigenvalue weighted by Gasteiger charge is -2.21. The molecule has 0 aliphatic rings. The van der Waals surface area contributed by atoms with E-state index in [0.29, 0.717) is 22.2 Å². The number of benzene rings is 1. The van der Waals surface area contributed by atoms with Crippen molar-refractivity contribution in [3.8, 4) is 6.07 Å². The molecular weight excluding hydrogens is 292 g/mol. The summed E-state index contributed by atoms with van der Waals surface area (Å²) in [6.07, 6.45) is 1.45. The predicted molar refractivity (Wildman–Crippen MR) is 78.6 cm³/mol. The molecule has 0 atom stereocenters. The number of hydrogen-bond donors (Lipinski definition) is 2. The van der Waals surface area contributed by atoms with Crippen LogP contribution in [0.5, 0.6) is 0 Å². The van der Waals surface area contributed by atoms with Gasteiger partial charge in [-0.05, 0) is 24.3 Å². The number of carbonyl (C=O) groups is 1. The molecule has 0 unspecified atom stereocenters. The molecule has 1 amide bonds. The Bertz CT molecular complexity index is 727. The maximum absolute atomic E-state index is 11.9. The Hall–Kier alpha value is -2.62. The minimum atomic E-state index is -0.288. The van der Waals surface area contributed by atoms with Crippen molar-refractivity contribution >= 4 is 34.7 Å². The molecule has 0 saturated heterocycles. The Morgan fingerprint density at radius 2 is 2.19 bits per heavy atom. The summed E-state index contributed by atoms with van der Waals surface area (Å²) in [5.41, 5.74) is 3.11. The number of pyridine rings is 1. The zero-order valence-electron chi connectivity index (χ0n) is 11.0. The van der Waals surface area contributed by atoms with Crippen molar-refractivity contribution in [3.63, 3.8) is 0 Å². The number of halogens is 1. The van der Waals surface area contributed by atoms with Crippen molar-refractivity contribution in [3.05, 3.63) is 47.1 Å². The van der Waals surface area contributed by atoms with Crippen LogP contribution in [-0.2, 0) is 4.79 Å². The lowest BCUT2D eigenvalue weighted by molar-refractivity contribution is -0.115. The van der Waals surface area contributed by atoms with Crippen molar-refractivity contribution in [1.82, 2.24) is 4.98 Å². The Labute approximate surface area is 126 Å². The maximum Gasteiger partial charge on any atom is 0.229 e. The highest BCUT2D eigenvalue weighted by molar-refractivity contribution is 6.31. The average Bonchev–Trinajstić information content (AvgIpc) is 2.49. The summed E-state index contributed by atoms with van der Waals surface area (Å²) in [6, 6.07) is 9.67. The summed E-state index contributed by atoms with van der Waals surface area (Å²) in [5, 5.41) is 18.3. The van der Waals surface area contributed by atoms with Crippen LogP contribution in [-0.4, -0.2) is 16.1 Å². The van der Waals surface area contributed by atoms with Crippen molar-refractivity contribution in [1.29, 1.82) is 5.26 Å². The van der Waals surface area contributed by atoms with Gasteiger partial charge < -0.3 is 0 Å². The monoisotopic (exact) mass is 302 g/mol. The van der Waals surface area contributed by atoms with E-state index < -0.39 is 0 Å². The van der Waals surface area contributed by atoms with E-state index in [1.165, 1.54) is 30.2 Å². The fourth-order valence-corrected chi connectivity index (χ4v) is 1.98. The first-order valence-corrected chi connectivity index (χ1v) is 6.31. The molecule has 0 aliphatic carbocycles. The molecule has 1 heterocycles. The summed E-state index contributed by atoms with van der Waals surface area (Å²) in [5.74, 6) is 0.0246. The molecule has 1 aromatic heterocycles. The molecule has 1 aromatic carbocycles. The number of hydrogen-bond acceptors (Lipinski definition) is 5. The molecule has 21 heavy (non-hydrogen) atoms. The lowest BCUT2D eigenvalue weighted by Crippen LogP contribution is -2.23. The van der Waals surface area contributed by atoms with Crippen LogP contribution in [0.25, 0.3) is 0 Å². The third kappa shape index (κ3) is 3.11. The van der Waals surface area contributed by atoms with E-state index >= 15 is 0 Å². The first-order valence-electron chi connectivity index (χ1n) is 5.93. The largest absolute Gasteiger partial charge is 0.291 e. The molecule has 0 fully saturated rings. The summed E-state index contributed by atoms with van der Waals surface area (Å²) in [6.45, 7) is 1.38. The molecule has 106 valence electrons. The lowest BCUT2D eigenvalue weighted by atomic mass is 10.2. The number of nitriles is 1. The number of anilines is 3. The van der Waals surface area contributed by atoms with Crippen molar-refractivity contribution in [2.45, 2.75) is 6.92 Å². The van der Waals surface area contributed by atoms with E-state index in [0.717, 1.165) is 0 Å². The van der Waals surface area contributed by atoms with E-state index in [2.05, 4.69) is 4.98 Å². The molecule has 0 spiro atoms. The highest BCUT2D eigenvalue weighted by Gasteiger charge is 2.17. The van der Waals surface area contributed by atoms with E-state index in [1.54, 1.807) is 18.2 Å². The SMILES string of the molecule is CC(=O)N(c1ccc(Cl)c(C#N)c1)c1cc(NO)ccn1. The van der Waals surface area contributed by atoms with Crippen LogP contribution in [0.1, 0.15) is 12.5 Å². The molecule has 0 saturated carbocycles. The number of nitrogens with one attached hydrogen (secondary N) is 1. The molecule has 2 N–H and O–H groups in total. The van der Waals surface area contributed by atoms with Gasteiger partial charge >= 0.3 is 0 Å². The van der Waals surface area contributed by atoms with Gasteiger partial charge in [-0.25, -0.2) is 4.98 Å². The van der Waals surface area contributed by atoms with E-state index in [4.69, 9.17) is 22.1 Å². The van der Waals surface area contributed by atoms with Crippen LogP contribution in [0, 0.1) is 11.3 Å². The van der Waals surface area contributed by atoms with E-state index in [9.17, 15) is 4.79 Å². The minimum Gasteiger partial charge on any atom is -0.291 e.